The number of nitrogens with zero attached hydrogens (tertiary/aromatic N) is 1. The Morgan fingerprint density at radius 1 is 1.12 bits per heavy atom. The molecule has 2 N–H and O–H groups in total. The van der Waals surface area contributed by atoms with Crippen LogP contribution < -0.4 is 10.5 Å². The van der Waals surface area contributed by atoms with Gasteiger partial charge in [0.1, 0.15) is 5.75 Å². The quantitative estimate of drug-likeness (QED) is 0.649. The Hall–Kier alpha value is -2.33. The van der Waals surface area contributed by atoms with Gasteiger partial charge in [-0.15, -0.1) is 11.3 Å². The summed E-state index contributed by atoms with van der Waals surface area (Å²) in [5.41, 5.74) is 14.3. The molecule has 1 aliphatic rings. The molecule has 1 heterocycles. The average Bonchev–Trinajstić information content (AvgIpc) is 3.12. The molecule has 0 aliphatic heterocycles. The molecule has 0 unspecified atom stereocenters. The van der Waals surface area contributed by atoms with Crippen LogP contribution >= 0.6 is 11.3 Å². The minimum absolute atomic E-state index is 0.763. The van der Waals surface area contributed by atoms with Gasteiger partial charge in [0.05, 0.1) is 17.8 Å². The number of ether oxygens (including phenoxy) is 1. The van der Waals surface area contributed by atoms with Crippen molar-refractivity contribution >= 4 is 17.0 Å². The Morgan fingerprint density at radius 2 is 1.92 bits per heavy atom. The molecule has 134 valence electrons. The van der Waals surface area contributed by atoms with Gasteiger partial charge in [-0.3, -0.25) is 0 Å². The zero-order valence-corrected chi connectivity index (χ0v) is 16.2. The predicted octanol–water partition coefficient (Wildman–Crippen LogP) is 5.18. The highest BCUT2D eigenvalue weighted by Gasteiger charge is 2.13. The van der Waals surface area contributed by atoms with Crippen LogP contribution in [0.4, 0.5) is 5.69 Å². The predicted molar refractivity (Wildman–Crippen MR) is 109 cm³/mol. The summed E-state index contributed by atoms with van der Waals surface area (Å²) < 4.78 is 5.50. The van der Waals surface area contributed by atoms with E-state index in [9.17, 15) is 0 Å². The first kappa shape index (κ1) is 17.1. The first-order chi connectivity index (χ1) is 12.6. The van der Waals surface area contributed by atoms with E-state index in [1.165, 1.54) is 42.4 Å². The number of nitrogens with two attached hydrogens (primary N) is 1. The molecule has 4 rings (SSSR count). The lowest BCUT2D eigenvalue weighted by Gasteiger charge is -2.16. The number of rotatable bonds is 4. The summed E-state index contributed by atoms with van der Waals surface area (Å²) in [6, 6.07) is 10.9. The number of benzene rings is 2. The molecule has 26 heavy (non-hydrogen) atoms. The Kier molecular flexibility index (Phi) is 4.68. The van der Waals surface area contributed by atoms with Crippen LogP contribution in [-0.2, 0) is 19.3 Å². The van der Waals surface area contributed by atoms with E-state index in [1.54, 1.807) is 18.4 Å². The highest BCUT2D eigenvalue weighted by molar-refractivity contribution is 7.10. The summed E-state index contributed by atoms with van der Waals surface area (Å²) in [6.07, 6.45) is 5.79. The maximum atomic E-state index is 6.00. The number of hydrogen-bond acceptors (Lipinski definition) is 4. The molecular formula is C22H24N2OS. The minimum Gasteiger partial charge on any atom is -0.496 e. The summed E-state index contributed by atoms with van der Waals surface area (Å²) in [4.78, 5) is 4.88. The van der Waals surface area contributed by atoms with Crippen LogP contribution in [0.25, 0.3) is 11.3 Å². The maximum absolute atomic E-state index is 6.00. The van der Waals surface area contributed by atoms with Crippen LogP contribution in [0.15, 0.2) is 35.7 Å². The van der Waals surface area contributed by atoms with Gasteiger partial charge >= 0.3 is 0 Å². The molecule has 2 aromatic carbocycles. The average molecular weight is 365 g/mol. The second-order valence-electron chi connectivity index (χ2n) is 7.01. The topological polar surface area (TPSA) is 48.1 Å². The standard InChI is InChI=1S/C22H24N2OS/c1-14-9-18(21(25-2)12-19(14)23)11-22-24-20(13-26-22)17-8-7-15-5-3-4-6-16(15)10-17/h7-10,12-13H,3-6,11,23H2,1-2H3. The van der Waals surface area contributed by atoms with Crippen molar-refractivity contribution in [3.63, 3.8) is 0 Å². The van der Waals surface area contributed by atoms with E-state index in [1.807, 2.05) is 13.0 Å². The summed E-state index contributed by atoms with van der Waals surface area (Å²) >= 11 is 1.71. The smallest absolute Gasteiger partial charge is 0.124 e. The molecule has 4 heteroatoms. The summed E-state index contributed by atoms with van der Waals surface area (Å²) in [7, 11) is 1.69. The fourth-order valence-electron chi connectivity index (χ4n) is 3.67. The molecule has 0 fully saturated rings. The fourth-order valence-corrected chi connectivity index (χ4v) is 4.50. The third-order valence-electron chi connectivity index (χ3n) is 5.21. The molecular weight excluding hydrogens is 340 g/mol. The van der Waals surface area contributed by atoms with Crippen LogP contribution in [0.2, 0.25) is 0 Å². The van der Waals surface area contributed by atoms with Gasteiger partial charge in [-0.2, -0.15) is 0 Å². The van der Waals surface area contributed by atoms with E-state index in [0.717, 1.165) is 39.7 Å². The summed E-state index contributed by atoms with van der Waals surface area (Å²) in [6.45, 7) is 2.03. The number of aryl methyl sites for hydroxylation is 3. The van der Waals surface area contributed by atoms with E-state index in [0.29, 0.717) is 0 Å². The monoisotopic (exact) mass is 364 g/mol. The molecule has 1 aliphatic carbocycles. The number of nitrogen functional groups attached to an aromatic ring is 1. The molecule has 0 radical (unpaired) electrons. The first-order valence-corrected chi connectivity index (χ1v) is 10.0. The first-order valence-electron chi connectivity index (χ1n) is 9.13. The van der Waals surface area contributed by atoms with E-state index in [-0.39, 0.29) is 0 Å². The van der Waals surface area contributed by atoms with Crippen LogP contribution in [0.1, 0.15) is 40.1 Å². The molecule has 3 nitrogen and oxygen atoms in total. The fraction of sp³-hybridized carbons (Fsp3) is 0.318. The van der Waals surface area contributed by atoms with E-state index in [4.69, 9.17) is 15.5 Å². The molecule has 0 saturated carbocycles. The van der Waals surface area contributed by atoms with Crippen molar-refractivity contribution < 1.29 is 4.74 Å². The highest BCUT2D eigenvalue weighted by Crippen LogP contribution is 2.31. The van der Waals surface area contributed by atoms with Gasteiger partial charge in [0.2, 0.25) is 0 Å². The van der Waals surface area contributed by atoms with E-state index in [2.05, 4.69) is 29.6 Å². The van der Waals surface area contributed by atoms with Crippen molar-refractivity contribution in [3.8, 4) is 17.0 Å². The normalized spacial score (nSPS) is 13.5. The zero-order valence-electron chi connectivity index (χ0n) is 15.3. The largest absolute Gasteiger partial charge is 0.496 e. The molecule has 3 aromatic rings. The van der Waals surface area contributed by atoms with E-state index < -0.39 is 0 Å². The van der Waals surface area contributed by atoms with Crippen molar-refractivity contribution in [3.05, 3.63) is 63.0 Å². The van der Waals surface area contributed by atoms with Crippen LogP contribution in [0.5, 0.6) is 5.75 Å². The molecule has 0 spiro atoms. The van der Waals surface area contributed by atoms with Gasteiger partial charge in [-0.1, -0.05) is 12.1 Å². The van der Waals surface area contributed by atoms with E-state index >= 15 is 0 Å². The molecule has 0 saturated heterocycles. The third-order valence-corrected chi connectivity index (χ3v) is 6.06. The Bertz CT molecular complexity index is 945. The Labute approximate surface area is 158 Å². The van der Waals surface area contributed by atoms with Crippen LogP contribution in [-0.4, -0.2) is 12.1 Å². The number of thiazole rings is 1. The van der Waals surface area contributed by atoms with Gasteiger partial charge in [0.25, 0.3) is 0 Å². The lowest BCUT2D eigenvalue weighted by Crippen LogP contribution is -2.02. The van der Waals surface area contributed by atoms with Crippen molar-refractivity contribution in [2.45, 2.75) is 39.0 Å². The molecule has 0 amide bonds. The van der Waals surface area contributed by atoms with Crippen molar-refractivity contribution in [2.24, 2.45) is 0 Å². The SMILES string of the molecule is COc1cc(N)c(C)cc1Cc1nc(-c2ccc3c(c2)CCCC3)cs1. The van der Waals surface area contributed by atoms with Gasteiger partial charge in [0, 0.05) is 34.7 Å². The van der Waals surface area contributed by atoms with Crippen molar-refractivity contribution in [2.75, 3.05) is 12.8 Å². The van der Waals surface area contributed by atoms with Crippen molar-refractivity contribution in [1.29, 1.82) is 0 Å². The number of fused-ring (bicyclic) bond motifs is 1. The number of aromatic nitrogens is 1. The number of methoxy groups -OCH3 is 1. The Morgan fingerprint density at radius 3 is 2.73 bits per heavy atom. The van der Waals surface area contributed by atoms with Gasteiger partial charge in [-0.25, -0.2) is 4.98 Å². The highest BCUT2D eigenvalue weighted by atomic mass is 32.1. The number of hydrogen-bond donors (Lipinski definition) is 1. The van der Waals surface area contributed by atoms with Crippen LogP contribution in [0, 0.1) is 6.92 Å². The molecule has 0 atom stereocenters. The second-order valence-corrected chi connectivity index (χ2v) is 7.96. The van der Waals surface area contributed by atoms with Gasteiger partial charge in [0.15, 0.2) is 0 Å². The third kappa shape index (κ3) is 3.34. The van der Waals surface area contributed by atoms with Gasteiger partial charge < -0.3 is 10.5 Å². The second kappa shape index (κ2) is 7.12. The molecule has 0 bridgehead atoms. The minimum atomic E-state index is 0.763. The maximum Gasteiger partial charge on any atom is 0.124 e. The summed E-state index contributed by atoms with van der Waals surface area (Å²) in [5, 5.41) is 3.26. The van der Waals surface area contributed by atoms with Crippen LogP contribution in [0.3, 0.4) is 0 Å². The number of anilines is 1. The zero-order chi connectivity index (χ0) is 18.1. The lowest BCUT2D eigenvalue weighted by atomic mass is 9.90. The van der Waals surface area contributed by atoms with Crippen molar-refractivity contribution in [1.82, 2.24) is 4.98 Å². The molecule has 1 aromatic heterocycles. The van der Waals surface area contributed by atoms with Gasteiger partial charge in [-0.05, 0) is 61.4 Å². The lowest BCUT2D eigenvalue weighted by molar-refractivity contribution is 0.410. The Balaban J connectivity index is 1.60. The summed E-state index contributed by atoms with van der Waals surface area (Å²) in [5.74, 6) is 0.832.